The molecule has 0 fully saturated rings. The van der Waals surface area contributed by atoms with E-state index in [4.69, 9.17) is 5.73 Å². The number of hydrogen-bond donors (Lipinski definition) is 3. The van der Waals surface area contributed by atoms with E-state index in [0.29, 0.717) is 12.5 Å². The van der Waals surface area contributed by atoms with Gasteiger partial charge in [-0.3, -0.25) is 9.48 Å². The molecule has 0 aliphatic carbocycles. The Labute approximate surface area is 190 Å². The summed E-state index contributed by atoms with van der Waals surface area (Å²) in [5, 5.41) is 10.1. The number of halogens is 1. The molecule has 1 aromatic carbocycles. The van der Waals surface area contributed by atoms with Gasteiger partial charge in [0.2, 0.25) is 5.91 Å². The fraction of sp³-hybridized carbons (Fsp3) is 0.476. The lowest BCUT2D eigenvalue weighted by atomic mass is 10.1. The first-order chi connectivity index (χ1) is 13.7. The summed E-state index contributed by atoms with van der Waals surface area (Å²) in [7, 11) is 0. The van der Waals surface area contributed by atoms with Crippen molar-refractivity contribution in [1.82, 2.24) is 15.1 Å². The maximum atomic E-state index is 12.1. The number of aromatic nitrogens is 2. The van der Waals surface area contributed by atoms with Gasteiger partial charge in [0.25, 0.3) is 0 Å². The predicted molar refractivity (Wildman–Crippen MR) is 129 cm³/mol. The van der Waals surface area contributed by atoms with Gasteiger partial charge in [0.15, 0.2) is 5.96 Å². The standard InChI is InChI=1S/C21H32N6O.HI/c1-2-3-4-5-6-7-12-23-21(22)24-16-18-10-8-11-19(15-18)26-20(28)17-27-14-9-13-25-27;/h8-11,13-15H,2-7,12,16-17H2,1H3,(H,26,28)(H3,22,23,24);1H. The summed E-state index contributed by atoms with van der Waals surface area (Å²) in [5.74, 6) is 0.339. The number of rotatable bonds is 12. The van der Waals surface area contributed by atoms with Crippen LogP contribution in [0.5, 0.6) is 0 Å². The van der Waals surface area contributed by atoms with Crippen molar-refractivity contribution in [3.05, 3.63) is 48.3 Å². The van der Waals surface area contributed by atoms with Gasteiger partial charge in [0, 0.05) is 24.6 Å². The molecule has 1 aromatic heterocycles. The lowest BCUT2D eigenvalue weighted by molar-refractivity contribution is -0.116. The molecule has 29 heavy (non-hydrogen) atoms. The van der Waals surface area contributed by atoms with Crippen LogP contribution in [0.15, 0.2) is 47.7 Å². The number of amides is 1. The molecule has 0 atom stereocenters. The second kappa shape index (κ2) is 14.8. The minimum Gasteiger partial charge on any atom is -0.370 e. The largest absolute Gasteiger partial charge is 0.370 e. The second-order valence-corrected chi connectivity index (χ2v) is 6.85. The fourth-order valence-electron chi connectivity index (χ4n) is 2.84. The van der Waals surface area contributed by atoms with E-state index in [1.54, 1.807) is 23.1 Å². The SMILES string of the molecule is CCCCCCCCNC(N)=NCc1cccc(NC(=O)Cn2cccn2)c1.I. The molecule has 7 nitrogen and oxygen atoms in total. The molecule has 0 saturated carbocycles. The third kappa shape index (κ3) is 10.9. The van der Waals surface area contributed by atoms with Crippen LogP contribution in [0.25, 0.3) is 0 Å². The third-order valence-corrected chi connectivity index (χ3v) is 4.34. The Morgan fingerprint density at radius 1 is 1.17 bits per heavy atom. The van der Waals surface area contributed by atoms with Crippen LogP contribution in [0.3, 0.4) is 0 Å². The predicted octanol–water partition coefficient (Wildman–Crippen LogP) is 3.90. The zero-order valence-corrected chi connectivity index (χ0v) is 19.5. The van der Waals surface area contributed by atoms with Crippen molar-refractivity contribution in [2.45, 2.75) is 58.5 Å². The molecule has 0 bridgehead atoms. The highest BCUT2D eigenvalue weighted by Crippen LogP contribution is 2.12. The molecule has 0 aliphatic heterocycles. The van der Waals surface area contributed by atoms with Gasteiger partial charge in [0.05, 0.1) is 6.54 Å². The Hall–Kier alpha value is -2.10. The number of nitrogens with one attached hydrogen (secondary N) is 2. The lowest BCUT2D eigenvalue weighted by Crippen LogP contribution is -2.32. The topological polar surface area (TPSA) is 97.3 Å². The van der Waals surface area contributed by atoms with Gasteiger partial charge in [-0.15, -0.1) is 24.0 Å². The zero-order chi connectivity index (χ0) is 20.0. The summed E-state index contributed by atoms with van der Waals surface area (Å²) in [6.07, 6.45) is 10.9. The van der Waals surface area contributed by atoms with E-state index in [1.807, 2.05) is 24.3 Å². The molecule has 2 rings (SSSR count). The fourth-order valence-corrected chi connectivity index (χ4v) is 2.84. The van der Waals surface area contributed by atoms with Crippen molar-refractivity contribution in [2.24, 2.45) is 10.7 Å². The van der Waals surface area contributed by atoms with Crippen molar-refractivity contribution in [1.29, 1.82) is 0 Å². The van der Waals surface area contributed by atoms with Gasteiger partial charge in [-0.05, 0) is 30.2 Å². The minimum absolute atomic E-state index is 0. The highest BCUT2D eigenvalue weighted by Gasteiger charge is 2.04. The molecule has 1 heterocycles. The van der Waals surface area contributed by atoms with Crippen molar-refractivity contribution in [3.8, 4) is 0 Å². The first-order valence-corrected chi connectivity index (χ1v) is 10.1. The van der Waals surface area contributed by atoms with E-state index in [0.717, 1.165) is 24.2 Å². The molecule has 0 aliphatic rings. The minimum atomic E-state index is -0.121. The maximum Gasteiger partial charge on any atom is 0.246 e. The van der Waals surface area contributed by atoms with Crippen LogP contribution in [0.4, 0.5) is 5.69 Å². The molecule has 8 heteroatoms. The zero-order valence-electron chi connectivity index (χ0n) is 17.1. The molecule has 0 spiro atoms. The van der Waals surface area contributed by atoms with Crippen molar-refractivity contribution in [2.75, 3.05) is 11.9 Å². The quantitative estimate of drug-likeness (QED) is 0.174. The molecular formula is C21H33IN6O. The number of unbranched alkanes of at least 4 members (excludes halogenated alkanes) is 5. The Morgan fingerprint density at radius 2 is 1.97 bits per heavy atom. The number of nitrogens with zero attached hydrogens (tertiary/aromatic N) is 3. The van der Waals surface area contributed by atoms with Crippen LogP contribution >= 0.6 is 24.0 Å². The van der Waals surface area contributed by atoms with E-state index in [2.05, 4.69) is 27.6 Å². The van der Waals surface area contributed by atoms with Crippen molar-refractivity contribution >= 4 is 41.5 Å². The first kappa shape index (κ1) is 24.9. The molecular weight excluding hydrogens is 479 g/mol. The Balaban J connectivity index is 0.00000420. The van der Waals surface area contributed by atoms with E-state index < -0.39 is 0 Å². The Morgan fingerprint density at radius 3 is 2.72 bits per heavy atom. The Kier molecular flexibility index (Phi) is 12.8. The smallest absolute Gasteiger partial charge is 0.246 e. The number of anilines is 1. The first-order valence-electron chi connectivity index (χ1n) is 10.1. The van der Waals surface area contributed by atoms with Crippen LogP contribution in [0.1, 0.15) is 51.0 Å². The molecule has 0 saturated heterocycles. The molecule has 0 unspecified atom stereocenters. The van der Waals surface area contributed by atoms with Crippen LogP contribution in [0, 0.1) is 0 Å². The number of guanidine groups is 1. The highest BCUT2D eigenvalue weighted by atomic mass is 127. The van der Waals surface area contributed by atoms with Gasteiger partial charge in [-0.25, -0.2) is 4.99 Å². The molecule has 1 amide bonds. The highest BCUT2D eigenvalue weighted by molar-refractivity contribution is 14.0. The molecule has 4 N–H and O–H groups in total. The molecule has 160 valence electrons. The molecule has 0 radical (unpaired) electrons. The van der Waals surface area contributed by atoms with Crippen LogP contribution in [-0.4, -0.2) is 28.2 Å². The normalized spacial score (nSPS) is 11.0. The summed E-state index contributed by atoms with van der Waals surface area (Å²) in [6, 6.07) is 9.42. The van der Waals surface area contributed by atoms with Crippen LogP contribution < -0.4 is 16.4 Å². The average Bonchev–Trinajstić information content (AvgIpc) is 3.19. The second-order valence-electron chi connectivity index (χ2n) is 6.85. The summed E-state index contributed by atoms with van der Waals surface area (Å²) >= 11 is 0. The summed E-state index contributed by atoms with van der Waals surface area (Å²) in [5.41, 5.74) is 7.66. The average molecular weight is 512 g/mol. The van der Waals surface area contributed by atoms with Crippen LogP contribution in [-0.2, 0) is 17.9 Å². The van der Waals surface area contributed by atoms with E-state index in [-0.39, 0.29) is 36.4 Å². The number of hydrogen-bond acceptors (Lipinski definition) is 3. The number of carbonyl (C=O) groups excluding carboxylic acids is 1. The van der Waals surface area contributed by atoms with Crippen molar-refractivity contribution in [3.63, 3.8) is 0 Å². The summed E-state index contributed by atoms with van der Waals surface area (Å²) in [4.78, 5) is 16.4. The van der Waals surface area contributed by atoms with E-state index in [9.17, 15) is 4.79 Å². The van der Waals surface area contributed by atoms with Gasteiger partial charge >= 0.3 is 0 Å². The lowest BCUT2D eigenvalue weighted by Gasteiger charge is -2.08. The number of nitrogens with two attached hydrogens (primary N) is 1. The van der Waals surface area contributed by atoms with Crippen molar-refractivity contribution < 1.29 is 4.79 Å². The number of aliphatic imine (C=N–C) groups is 1. The van der Waals surface area contributed by atoms with Crippen LogP contribution in [0.2, 0.25) is 0 Å². The summed E-state index contributed by atoms with van der Waals surface area (Å²) < 4.78 is 1.58. The number of carbonyl (C=O) groups is 1. The molecule has 2 aromatic rings. The summed E-state index contributed by atoms with van der Waals surface area (Å²) in [6.45, 7) is 3.73. The third-order valence-electron chi connectivity index (χ3n) is 4.34. The maximum absolute atomic E-state index is 12.1. The number of benzene rings is 1. The van der Waals surface area contributed by atoms with E-state index in [1.165, 1.54) is 32.1 Å². The van der Waals surface area contributed by atoms with Gasteiger partial charge in [0.1, 0.15) is 6.54 Å². The van der Waals surface area contributed by atoms with Gasteiger partial charge in [-0.1, -0.05) is 51.2 Å². The monoisotopic (exact) mass is 512 g/mol. The van der Waals surface area contributed by atoms with Gasteiger partial charge in [-0.2, -0.15) is 5.10 Å². The van der Waals surface area contributed by atoms with Gasteiger partial charge < -0.3 is 16.4 Å². The van der Waals surface area contributed by atoms with E-state index >= 15 is 0 Å². The Bertz CT molecular complexity index is 733.